The highest BCUT2D eigenvalue weighted by molar-refractivity contribution is 5.99. The van der Waals surface area contributed by atoms with Crippen molar-refractivity contribution in [2.45, 2.75) is 26.4 Å². The minimum absolute atomic E-state index is 0.133. The zero-order chi connectivity index (χ0) is 19.4. The van der Waals surface area contributed by atoms with E-state index in [-0.39, 0.29) is 30.7 Å². The van der Waals surface area contributed by atoms with Gasteiger partial charge in [0.25, 0.3) is 11.8 Å². The first-order valence-corrected chi connectivity index (χ1v) is 8.68. The van der Waals surface area contributed by atoms with Gasteiger partial charge in [0.2, 0.25) is 5.91 Å². The predicted octanol–water partition coefficient (Wildman–Crippen LogP) is 2.47. The number of hydrogen-bond donors (Lipinski definition) is 3. The van der Waals surface area contributed by atoms with Crippen LogP contribution in [-0.4, -0.2) is 30.4 Å². The summed E-state index contributed by atoms with van der Waals surface area (Å²) in [6.45, 7) is 3.80. The predicted molar refractivity (Wildman–Crippen MR) is 102 cm³/mol. The Bertz CT molecular complexity index is 895. The number of benzene rings is 2. The molecule has 27 heavy (non-hydrogen) atoms. The molecule has 3 rings (SSSR count). The molecular weight excluding hydrogens is 346 g/mol. The number of hydrogen-bond acceptors (Lipinski definition) is 4. The number of rotatable bonds is 5. The Labute approximate surface area is 157 Å². The number of fused-ring (bicyclic) bond motifs is 1. The summed E-state index contributed by atoms with van der Waals surface area (Å²) in [4.78, 5) is 35.8. The van der Waals surface area contributed by atoms with Crippen LogP contribution in [0, 0.1) is 6.92 Å². The van der Waals surface area contributed by atoms with Crippen LogP contribution in [0.1, 0.15) is 29.3 Å². The van der Waals surface area contributed by atoms with E-state index in [1.807, 2.05) is 19.1 Å². The van der Waals surface area contributed by atoms with Crippen molar-refractivity contribution in [1.82, 2.24) is 5.32 Å². The average molecular weight is 367 g/mol. The van der Waals surface area contributed by atoms with Gasteiger partial charge in [-0.15, -0.1) is 0 Å². The Hall–Kier alpha value is -3.35. The van der Waals surface area contributed by atoms with Gasteiger partial charge in [0, 0.05) is 24.2 Å². The maximum absolute atomic E-state index is 12.1. The highest BCUT2D eigenvalue weighted by atomic mass is 16.5. The smallest absolute Gasteiger partial charge is 0.265 e. The van der Waals surface area contributed by atoms with Gasteiger partial charge in [0.05, 0.1) is 5.69 Å². The van der Waals surface area contributed by atoms with E-state index in [0.29, 0.717) is 22.7 Å². The molecule has 0 spiro atoms. The second-order valence-electron chi connectivity index (χ2n) is 6.38. The summed E-state index contributed by atoms with van der Waals surface area (Å²) in [5.74, 6) is -0.125. The van der Waals surface area contributed by atoms with E-state index < -0.39 is 6.10 Å². The third kappa shape index (κ3) is 4.63. The molecule has 0 bridgehead atoms. The van der Waals surface area contributed by atoms with E-state index in [4.69, 9.17) is 4.74 Å². The number of aryl methyl sites for hydroxylation is 1. The molecule has 7 heteroatoms. The fraction of sp³-hybridized carbons (Fsp3) is 0.250. The van der Waals surface area contributed by atoms with Crippen molar-refractivity contribution in [2.24, 2.45) is 0 Å². The normalized spacial score (nSPS) is 15.2. The Balaban J connectivity index is 1.50. The molecule has 0 aromatic heterocycles. The number of anilines is 2. The molecule has 0 fully saturated rings. The minimum atomic E-state index is -0.546. The number of amides is 3. The van der Waals surface area contributed by atoms with Gasteiger partial charge in [-0.2, -0.15) is 0 Å². The fourth-order valence-electron chi connectivity index (χ4n) is 2.69. The van der Waals surface area contributed by atoms with Crippen molar-refractivity contribution in [3.05, 3.63) is 53.6 Å². The second kappa shape index (κ2) is 7.90. The maximum atomic E-state index is 12.1. The van der Waals surface area contributed by atoms with Crippen molar-refractivity contribution < 1.29 is 19.1 Å². The molecule has 2 aromatic rings. The monoisotopic (exact) mass is 367 g/mol. The van der Waals surface area contributed by atoms with Crippen LogP contribution in [0.2, 0.25) is 0 Å². The molecular formula is C20H21N3O4. The van der Waals surface area contributed by atoms with Gasteiger partial charge >= 0.3 is 0 Å². The SMILES string of the molecule is Cc1cccc(C(=O)NCCC(=O)Nc2ccc3c(c2)NC(=O)C(C)O3)c1. The number of carbonyl (C=O) groups excluding carboxylic acids is 3. The molecule has 1 aliphatic heterocycles. The molecule has 0 saturated heterocycles. The number of carbonyl (C=O) groups is 3. The molecule has 1 unspecified atom stereocenters. The summed E-state index contributed by atoms with van der Waals surface area (Å²) in [5, 5.41) is 8.20. The van der Waals surface area contributed by atoms with Crippen LogP contribution >= 0.6 is 0 Å². The lowest BCUT2D eigenvalue weighted by Gasteiger charge is -2.23. The van der Waals surface area contributed by atoms with Crippen LogP contribution < -0.4 is 20.7 Å². The quantitative estimate of drug-likeness (QED) is 0.756. The molecule has 1 aliphatic rings. The highest BCUT2D eigenvalue weighted by Crippen LogP contribution is 2.32. The topological polar surface area (TPSA) is 96.5 Å². The van der Waals surface area contributed by atoms with Crippen molar-refractivity contribution in [3.8, 4) is 5.75 Å². The summed E-state index contributed by atoms with van der Waals surface area (Å²) in [6, 6.07) is 12.3. The Kier molecular flexibility index (Phi) is 5.40. The summed E-state index contributed by atoms with van der Waals surface area (Å²) in [6.07, 6.45) is -0.413. The van der Waals surface area contributed by atoms with Gasteiger partial charge in [-0.1, -0.05) is 17.7 Å². The number of ether oxygens (including phenoxy) is 1. The molecule has 2 aromatic carbocycles. The molecule has 3 N–H and O–H groups in total. The van der Waals surface area contributed by atoms with Crippen molar-refractivity contribution in [2.75, 3.05) is 17.2 Å². The molecule has 0 radical (unpaired) electrons. The molecule has 3 amide bonds. The number of nitrogens with one attached hydrogen (secondary N) is 3. The molecule has 1 heterocycles. The Morgan fingerprint density at radius 1 is 1.19 bits per heavy atom. The zero-order valence-electron chi connectivity index (χ0n) is 15.2. The van der Waals surface area contributed by atoms with Crippen molar-refractivity contribution in [1.29, 1.82) is 0 Å². The summed E-state index contributed by atoms with van der Waals surface area (Å²) in [5.41, 5.74) is 2.62. The lowest BCUT2D eigenvalue weighted by atomic mass is 10.1. The van der Waals surface area contributed by atoms with Gasteiger partial charge < -0.3 is 20.7 Å². The first-order chi connectivity index (χ1) is 12.9. The van der Waals surface area contributed by atoms with E-state index in [0.717, 1.165) is 5.56 Å². The van der Waals surface area contributed by atoms with Gasteiger partial charge in [0.15, 0.2) is 6.10 Å². The van der Waals surface area contributed by atoms with Crippen molar-refractivity contribution in [3.63, 3.8) is 0 Å². The highest BCUT2D eigenvalue weighted by Gasteiger charge is 2.23. The first-order valence-electron chi connectivity index (χ1n) is 8.68. The van der Waals surface area contributed by atoms with Crippen LogP contribution in [0.25, 0.3) is 0 Å². The molecule has 1 atom stereocenters. The largest absolute Gasteiger partial charge is 0.479 e. The van der Waals surface area contributed by atoms with Crippen molar-refractivity contribution >= 4 is 29.1 Å². The summed E-state index contributed by atoms with van der Waals surface area (Å²) in [7, 11) is 0. The van der Waals surface area contributed by atoms with E-state index in [1.54, 1.807) is 37.3 Å². The Morgan fingerprint density at radius 2 is 2.00 bits per heavy atom. The van der Waals surface area contributed by atoms with Gasteiger partial charge in [-0.05, 0) is 44.2 Å². The van der Waals surface area contributed by atoms with E-state index in [1.165, 1.54) is 0 Å². The molecule has 140 valence electrons. The standard InChI is InChI=1S/C20H21N3O4/c1-12-4-3-5-14(10-12)20(26)21-9-8-18(24)22-15-6-7-17-16(11-15)23-19(25)13(2)27-17/h3-7,10-11,13H,8-9H2,1-2H3,(H,21,26)(H,22,24)(H,23,25). The third-order valence-electron chi connectivity index (χ3n) is 4.11. The molecule has 7 nitrogen and oxygen atoms in total. The van der Waals surface area contributed by atoms with Crippen LogP contribution in [0.15, 0.2) is 42.5 Å². The molecule has 0 aliphatic carbocycles. The van der Waals surface area contributed by atoms with Gasteiger partial charge in [-0.25, -0.2) is 0 Å². The first kappa shape index (κ1) is 18.4. The average Bonchev–Trinajstić information content (AvgIpc) is 2.63. The second-order valence-corrected chi connectivity index (χ2v) is 6.38. The lowest BCUT2D eigenvalue weighted by Crippen LogP contribution is -2.34. The van der Waals surface area contributed by atoms with E-state index in [2.05, 4.69) is 16.0 Å². The third-order valence-corrected chi connectivity index (χ3v) is 4.11. The lowest BCUT2D eigenvalue weighted by molar-refractivity contribution is -0.122. The zero-order valence-corrected chi connectivity index (χ0v) is 15.2. The van der Waals surface area contributed by atoms with Gasteiger partial charge in [-0.3, -0.25) is 14.4 Å². The molecule has 0 saturated carbocycles. The van der Waals surface area contributed by atoms with E-state index in [9.17, 15) is 14.4 Å². The van der Waals surface area contributed by atoms with E-state index >= 15 is 0 Å². The minimum Gasteiger partial charge on any atom is -0.479 e. The van der Waals surface area contributed by atoms with Crippen LogP contribution in [-0.2, 0) is 9.59 Å². The van der Waals surface area contributed by atoms with Gasteiger partial charge in [0.1, 0.15) is 5.75 Å². The Morgan fingerprint density at radius 3 is 2.78 bits per heavy atom. The fourth-order valence-corrected chi connectivity index (χ4v) is 2.69. The maximum Gasteiger partial charge on any atom is 0.265 e. The van der Waals surface area contributed by atoms with Crippen LogP contribution in [0.5, 0.6) is 5.75 Å². The summed E-state index contributed by atoms with van der Waals surface area (Å²) < 4.78 is 5.47. The van der Waals surface area contributed by atoms with Crippen LogP contribution in [0.4, 0.5) is 11.4 Å². The summed E-state index contributed by atoms with van der Waals surface area (Å²) >= 11 is 0. The van der Waals surface area contributed by atoms with Crippen LogP contribution in [0.3, 0.4) is 0 Å².